The second-order valence-electron chi connectivity index (χ2n) is 9.21. The van der Waals surface area contributed by atoms with Crippen LogP contribution in [0.25, 0.3) is 0 Å². The molecule has 0 N–H and O–H groups in total. The summed E-state index contributed by atoms with van der Waals surface area (Å²) in [6.07, 6.45) is 13.2. The number of ether oxygens (including phenoxy) is 5. The topological polar surface area (TPSA) is 59.4 Å². The first-order valence-electron chi connectivity index (χ1n) is 10.5. The maximum absolute atomic E-state index is 6.67. The van der Waals surface area contributed by atoms with Crippen molar-refractivity contribution < 1.29 is 23.7 Å². The third kappa shape index (κ3) is 3.63. The Kier molecular flexibility index (Phi) is 3.90. The van der Waals surface area contributed by atoms with Crippen LogP contribution >= 0.6 is 0 Å². The molecule has 0 aromatic carbocycles. The average molecular weight is 350 g/mol. The summed E-state index contributed by atoms with van der Waals surface area (Å²) < 4.78 is 29.4. The number of hydrogen-bond acceptors (Lipinski definition) is 5. The fourth-order valence-corrected chi connectivity index (χ4v) is 5.41. The molecule has 0 aromatic heterocycles. The van der Waals surface area contributed by atoms with Crippen LogP contribution in [0.4, 0.5) is 0 Å². The summed E-state index contributed by atoms with van der Waals surface area (Å²) >= 11 is 0. The summed E-state index contributed by atoms with van der Waals surface area (Å²) in [5.74, 6) is 1.49. The van der Waals surface area contributed by atoms with Gasteiger partial charge in [0.2, 0.25) is 0 Å². The number of hydrogen-bond donors (Lipinski definition) is 0. The van der Waals surface area contributed by atoms with Crippen molar-refractivity contribution >= 4 is 0 Å². The van der Waals surface area contributed by atoms with Crippen LogP contribution in [0.2, 0.25) is 0 Å². The Bertz CT molecular complexity index is 460. The summed E-state index contributed by atoms with van der Waals surface area (Å²) in [6.45, 7) is 1.75. The van der Waals surface area contributed by atoms with Crippen molar-refractivity contribution in [3.8, 4) is 0 Å². The Morgan fingerprint density at radius 2 is 1.16 bits per heavy atom. The molecule has 0 radical (unpaired) electrons. The molecule has 6 aliphatic rings. The van der Waals surface area contributed by atoms with Gasteiger partial charge < -0.3 is 23.7 Å². The van der Waals surface area contributed by atoms with Crippen LogP contribution in [0.5, 0.6) is 0 Å². The molecule has 10 atom stereocenters. The van der Waals surface area contributed by atoms with E-state index in [-0.39, 0.29) is 12.2 Å². The molecule has 2 aliphatic carbocycles. The first-order valence-corrected chi connectivity index (χ1v) is 10.5. The number of epoxide rings is 4. The smallest absolute Gasteiger partial charge is 0.107 e. The van der Waals surface area contributed by atoms with Crippen LogP contribution in [0, 0.1) is 11.8 Å². The molecule has 5 nitrogen and oxygen atoms in total. The molecule has 0 amide bonds. The Hall–Kier alpha value is -0.200. The van der Waals surface area contributed by atoms with Crippen LogP contribution in [-0.2, 0) is 23.7 Å². The van der Waals surface area contributed by atoms with Crippen LogP contribution in [0.15, 0.2) is 0 Å². The lowest BCUT2D eigenvalue weighted by Crippen LogP contribution is -2.34. The quantitative estimate of drug-likeness (QED) is 0.629. The summed E-state index contributed by atoms with van der Waals surface area (Å²) in [7, 11) is 0. The zero-order chi connectivity index (χ0) is 16.4. The minimum Gasteiger partial charge on any atom is -0.370 e. The molecule has 0 aromatic rings. The van der Waals surface area contributed by atoms with Gasteiger partial charge in [-0.15, -0.1) is 0 Å². The fraction of sp³-hybridized carbons (Fsp3) is 1.00. The molecule has 6 fully saturated rings. The average Bonchev–Trinajstić information content (AvgIpc) is 3.42. The van der Waals surface area contributed by atoms with E-state index in [4.69, 9.17) is 23.7 Å². The van der Waals surface area contributed by atoms with Gasteiger partial charge in [-0.3, -0.25) is 0 Å². The molecule has 140 valence electrons. The van der Waals surface area contributed by atoms with Crippen molar-refractivity contribution in [1.29, 1.82) is 0 Å². The second kappa shape index (κ2) is 6.16. The monoisotopic (exact) mass is 350 g/mol. The maximum Gasteiger partial charge on any atom is 0.107 e. The molecule has 6 rings (SSSR count). The molecule has 0 spiro atoms. The van der Waals surface area contributed by atoms with Crippen molar-refractivity contribution in [2.45, 2.75) is 100 Å². The molecular formula is C20H30O5. The summed E-state index contributed by atoms with van der Waals surface area (Å²) in [5.41, 5.74) is 0. The van der Waals surface area contributed by atoms with E-state index in [2.05, 4.69) is 0 Å². The van der Waals surface area contributed by atoms with Gasteiger partial charge in [0.15, 0.2) is 0 Å². The Labute approximate surface area is 149 Å². The molecule has 4 saturated heterocycles. The van der Waals surface area contributed by atoms with E-state index < -0.39 is 0 Å². The van der Waals surface area contributed by atoms with Crippen molar-refractivity contribution in [2.24, 2.45) is 11.8 Å². The van der Waals surface area contributed by atoms with E-state index in [0.717, 1.165) is 37.9 Å². The predicted molar refractivity (Wildman–Crippen MR) is 89.4 cm³/mol. The van der Waals surface area contributed by atoms with Gasteiger partial charge in [0.1, 0.15) is 12.2 Å². The van der Waals surface area contributed by atoms with Crippen molar-refractivity contribution in [2.75, 3.05) is 13.2 Å². The normalized spacial score (nSPS) is 51.8. The lowest BCUT2D eigenvalue weighted by atomic mass is 9.84. The van der Waals surface area contributed by atoms with E-state index in [9.17, 15) is 0 Å². The van der Waals surface area contributed by atoms with Crippen molar-refractivity contribution in [3.63, 3.8) is 0 Å². The van der Waals surface area contributed by atoms with E-state index in [1.54, 1.807) is 0 Å². The van der Waals surface area contributed by atoms with Crippen LogP contribution < -0.4 is 0 Å². The van der Waals surface area contributed by atoms with Gasteiger partial charge in [0.25, 0.3) is 0 Å². The molecule has 5 heteroatoms. The largest absolute Gasteiger partial charge is 0.370 e. The highest BCUT2D eigenvalue weighted by atomic mass is 16.6. The zero-order valence-corrected chi connectivity index (χ0v) is 14.9. The highest BCUT2D eigenvalue weighted by molar-refractivity contribution is 4.96. The molecule has 10 unspecified atom stereocenters. The summed E-state index contributed by atoms with van der Waals surface area (Å²) in [4.78, 5) is 0. The minimum atomic E-state index is 0.253. The van der Waals surface area contributed by atoms with Crippen LogP contribution in [-0.4, -0.2) is 62.0 Å². The first-order chi connectivity index (χ1) is 12.3. The van der Waals surface area contributed by atoms with Gasteiger partial charge in [-0.2, -0.15) is 0 Å². The van der Waals surface area contributed by atoms with E-state index in [1.807, 2.05) is 0 Å². The van der Waals surface area contributed by atoms with E-state index in [0.29, 0.717) is 36.6 Å². The molecular weight excluding hydrogens is 320 g/mol. The van der Waals surface area contributed by atoms with Crippen molar-refractivity contribution in [1.82, 2.24) is 0 Å². The lowest BCUT2D eigenvalue weighted by molar-refractivity contribution is -0.0605. The second-order valence-corrected chi connectivity index (χ2v) is 9.21. The highest BCUT2D eigenvalue weighted by Crippen LogP contribution is 2.44. The first kappa shape index (κ1) is 15.8. The maximum atomic E-state index is 6.67. The van der Waals surface area contributed by atoms with Crippen molar-refractivity contribution in [3.05, 3.63) is 0 Å². The SMILES string of the molecule is C1CC2OC2CC1CC(OC(CC1CCC2OC2C1)C1CO1)C1CO1. The number of rotatable bonds is 8. The molecule has 4 heterocycles. The fourth-order valence-electron chi connectivity index (χ4n) is 5.41. The molecule has 2 saturated carbocycles. The Balaban J connectivity index is 1.06. The Morgan fingerprint density at radius 3 is 1.56 bits per heavy atom. The lowest BCUT2D eigenvalue weighted by Gasteiger charge is -2.30. The molecule has 4 aliphatic heterocycles. The predicted octanol–water partition coefficient (Wildman–Crippen LogP) is 2.45. The summed E-state index contributed by atoms with van der Waals surface area (Å²) in [6, 6.07) is 0. The summed E-state index contributed by atoms with van der Waals surface area (Å²) in [5, 5.41) is 0. The van der Waals surface area contributed by atoms with Crippen LogP contribution in [0.3, 0.4) is 0 Å². The Morgan fingerprint density at radius 1 is 0.680 bits per heavy atom. The third-order valence-corrected chi connectivity index (χ3v) is 7.25. The van der Waals surface area contributed by atoms with E-state index >= 15 is 0 Å². The van der Waals surface area contributed by atoms with Gasteiger partial charge in [0.05, 0.1) is 49.8 Å². The third-order valence-electron chi connectivity index (χ3n) is 7.25. The van der Waals surface area contributed by atoms with Crippen LogP contribution in [0.1, 0.15) is 51.4 Å². The van der Waals surface area contributed by atoms with Gasteiger partial charge >= 0.3 is 0 Å². The zero-order valence-electron chi connectivity index (χ0n) is 14.9. The van der Waals surface area contributed by atoms with Gasteiger partial charge in [-0.1, -0.05) is 0 Å². The van der Waals surface area contributed by atoms with Gasteiger partial charge in [-0.25, -0.2) is 0 Å². The standard InChI is InChI=1S/C20H30O5/c1-3-13-15(23-13)5-11(1)7-17(19-9-21-19)25-18(20-10-22-20)8-12-2-4-14-16(6-12)24-14/h11-20H,1-10H2. The van der Waals surface area contributed by atoms with E-state index in [1.165, 1.54) is 38.5 Å². The van der Waals surface area contributed by atoms with Gasteiger partial charge in [-0.05, 0) is 63.2 Å². The van der Waals surface area contributed by atoms with Gasteiger partial charge in [0, 0.05) is 0 Å². The minimum absolute atomic E-state index is 0.253. The highest BCUT2D eigenvalue weighted by Gasteiger charge is 2.48. The molecule has 25 heavy (non-hydrogen) atoms. The molecule has 0 bridgehead atoms. The number of fused-ring (bicyclic) bond motifs is 2.